The molecular formula is C11H14FN. The van der Waals surface area contributed by atoms with E-state index in [1.54, 1.807) is 12.1 Å². The predicted molar refractivity (Wildman–Crippen MR) is 53.0 cm³/mol. The Morgan fingerprint density at radius 2 is 2.38 bits per heavy atom. The van der Waals surface area contributed by atoms with Crippen molar-refractivity contribution < 1.29 is 4.39 Å². The summed E-state index contributed by atoms with van der Waals surface area (Å²) in [5, 5.41) is 3.19. The molecule has 0 bridgehead atoms. The third-order valence-electron chi connectivity index (χ3n) is 1.87. The van der Waals surface area contributed by atoms with Gasteiger partial charge in [0.15, 0.2) is 0 Å². The summed E-state index contributed by atoms with van der Waals surface area (Å²) in [5.74, 6) is -0.206. The van der Waals surface area contributed by atoms with Crippen molar-refractivity contribution in [3.05, 3.63) is 48.3 Å². The monoisotopic (exact) mass is 179 g/mol. The summed E-state index contributed by atoms with van der Waals surface area (Å²) in [6.45, 7) is 6.55. The largest absolute Gasteiger partial charge is 0.307 e. The third kappa shape index (κ3) is 2.67. The van der Waals surface area contributed by atoms with Crippen LogP contribution in [-0.2, 0) is 0 Å². The summed E-state index contributed by atoms with van der Waals surface area (Å²) in [6, 6.07) is 6.60. The summed E-state index contributed by atoms with van der Waals surface area (Å²) in [5.41, 5.74) is 0.914. The molecule has 1 unspecified atom stereocenters. The van der Waals surface area contributed by atoms with Crippen molar-refractivity contribution in [2.75, 3.05) is 6.54 Å². The zero-order valence-corrected chi connectivity index (χ0v) is 7.76. The summed E-state index contributed by atoms with van der Waals surface area (Å²) in [4.78, 5) is 0. The smallest absolute Gasteiger partial charge is 0.123 e. The summed E-state index contributed by atoms with van der Waals surface area (Å²) in [7, 11) is 0. The van der Waals surface area contributed by atoms with Gasteiger partial charge in [0, 0.05) is 0 Å². The second kappa shape index (κ2) is 4.77. The zero-order chi connectivity index (χ0) is 9.68. The van der Waals surface area contributed by atoms with Crippen molar-refractivity contribution >= 4 is 0 Å². The molecule has 0 saturated heterocycles. The number of hydrogen-bond donors (Lipinski definition) is 1. The van der Waals surface area contributed by atoms with E-state index in [1.807, 2.05) is 13.0 Å². The molecule has 0 radical (unpaired) electrons. The molecule has 0 aliphatic carbocycles. The SMILES string of the molecule is C=CC(NCC)c1cccc(F)c1. The molecule has 0 aromatic heterocycles. The van der Waals surface area contributed by atoms with E-state index in [-0.39, 0.29) is 11.9 Å². The van der Waals surface area contributed by atoms with E-state index in [4.69, 9.17) is 0 Å². The van der Waals surface area contributed by atoms with Crippen molar-refractivity contribution in [1.82, 2.24) is 5.32 Å². The minimum absolute atomic E-state index is 0.0423. The normalized spacial score (nSPS) is 12.5. The van der Waals surface area contributed by atoms with Crippen LogP contribution >= 0.6 is 0 Å². The second-order valence-corrected chi connectivity index (χ2v) is 2.83. The summed E-state index contributed by atoms with van der Waals surface area (Å²) < 4.78 is 12.8. The average Bonchev–Trinajstić information content (AvgIpc) is 2.14. The van der Waals surface area contributed by atoms with Crippen LogP contribution in [0, 0.1) is 5.82 Å². The molecule has 1 atom stereocenters. The molecule has 13 heavy (non-hydrogen) atoms. The molecule has 0 heterocycles. The molecular weight excluding hydrogens is 165 g/mol. The summed E-state index contributed by atoms with van der Waals surface area (Å²) >= 11 is 0. The standard InChI is InChI=1S/C11H14FN/c1-3-11(13-4-2)9-6-5-7-10(12)8-9/h3,5-8,11,13H,1,4H2,2H3. The Morgan fingerprint density at radius 3 is 2.92 bits per heavy atom. The van der Waals surface area contributed by atoms with Gasteiger partial charge in [0.1, 0.15) is 5.82 Å². The van der Waals surface area contributed by atoms with Gasteiger partial charge in [-0.1, -0.05) is 25.1 Å². The lowest BCUT2D eigenvalue weighted by atomic mass is 10.1. The van der Waals surface area contributed by atoms with Crippen molar-refractivity contribution in [3.63, 3.8) is 0 Å². The van der Waals surface area contributed by atoms with Gasteiger partial charge < -0.3 is 5.32 Å². The van der Waals surface area contributed by atoms with Gasteiger partial charge in [0.05, 0.1) is 6.04 Å². The van der Waals surface area contributed by atoms with E-state index in [1.165, 1.54) is 12.1 Å². The van der Waals surface area contributed by atoms with E-state index in [2.05, 4.69) is 11.9 Å². The second-order valence-electron chi connectivity index (χ2n) is 2.83. The Labute approximate surface area is 78.3 Å². The van der Waals surface area contributed by atoms with Crippen molar-refractivity contribution in [2.45, 2.75) is 13.0 Å². The minimum atomic E-state index is -0.206. The Hall–Kier alpha value is -1.15. The molecule has 0 amide bonds. The lowest BCUT2D eigenvalue weighted by Crippen LogP contribution is -2.18. The lowest BCUT2D eigenvalue weighted by molar-refractivity contribution is 0.610. The third-order valence-corrected chi connectivity index (χ3v) is 1.87. The highest BCUT2D eigenvalue weighted by atomic mass is 19.1. The van der Waals surface area contributed by atoms with E-state index in [0.29, 0.717) is 0 Å². The molecule has 0 saturated carbocycles. The maximum atomic E-state index is 12.8. The average molecular weight is 179 g/mol. The van der Waals surface area contributed by atoms with Crippen molar-refractivity contribution in [3.8, 4) is 0 Å². The van der Waals surface area contributed by atoms with E-state index in [0.717, 1.165) is 12.1 Å². The first kappa shape index (κ1) is 9.93. The van der Waals surface area contributed by atoms with Crippen LogP contribution in [0.15, 0.2) is 36.9 Å². The first-order chi connectivity index (χ1) is 6.27. The Kier molecular flexibility index (Phi) is 3.65. The lowest BCUT2D eigenvalue weighted by Gasteiger charge is -2.13. The van der Waals surface area contributed by atoms with Crippen LogP contribution in [-0.4, -0.2) is 6.54 Å². The number of likely N-dealkylation sites (N-methyl/N-ethyl adjacent to an activating group) is 1. The van der Waals surface area contributed by atoms with Crippen LogP contribution < -0.4 is 5.32 Å². The van der Waals surface area contributed by atoms with Gasteiger partial charge in [-0.3, -0.25) is 0 Å². The van der Waals surface area contributed by atoms with E-state index in [9.17, 15) is 4.39 Å². The Bertz CT molecular complexity index is 283. The molecule has 0 aliphatic rings. The van der Waals surface area contributed by atoms with Crippen LogP contribution in [0.25, 0.3) is 0 Å². The number of rotatable bonds is 4. The van der Waals surface area contributed by atoms with E-state index < -0.39 is 0 Å². The van der Waals surface area contributed by atoms with Gasteiger partial charge in [-0.15, -0.1) is 6.58 Å². The van der Waals surface area contributed by atoms with Gasteiger partial charge in [-0.25, -0.2) is 4.39 Å². The molecule has 0 spiro atoms. The van der Waals surface area contributed by atoms with Crippen molar-refractivity contribution in [1.29, 1.82) is 0 Å². The zero-order valence-electron chi connectivity index (χ0n) is 7.76. The van der Waals surface area contributed by atoms with Gasteiger partial charge in [-0.2, -0.15) is 0 Å². The van der Waals surface area contributed by atoms with Gasteiger partial charge >= 0.3 is 0 Å². The van der Waals surface area contributed by atoms with Gasteiger partial charge in [-0.05, 0) is 24.2 Å². The Balaban J connectivity index is 2.84. The fraction of sp³-hybridized carbons (Fsp3) is 0.273. The van der Waals surface area contributed by atoms with E-state index >= 15 is 0 Å². The van der Waals surface area contributed by atoms with Crippen LogP contribution in [0.4, 0.5) is 4.39 Å². The molecule has 1 N–H and O–H groups in total. The van der Waals surface area contributed by atoms with Crippen molar-refractivity contribution in [2.24, 2.45) is 0 Å². The van der Waals surface area contributed by atoms with Crippen LogP contribution in [0.5, 0.6) is 0 Å². The molecule has 1 aromatic carbocycles. The molecule has 70 valence electrons. The quantitative estimate of drug-likeness (QED) is 0.701. The number of hydrogen-bond acceptors (Lipinski definition) is 1. The molecule has 1 aromatic rings. The highest BCUT2D eigenvalue weighted by Gasteiger charge is 2.05. The predicted octanol–water partition coefficient (Wildman–Crippen LogP) is 2.66. The fourth-order valence-electron chi connectivity index (χ4n) is 1.26. The molecule has 1 nitrogen and oxygen atoms in total. The molecule has 1 rings (SSSR count). The molecule has 0 fully saturated rings. The summed E-state index contributed by atoms with van der Waals surface area (Å²) in [6.07, 6.45) is 1.78. The topological polar surface area (TPSA) is 12.0 Å². The maximum Gasteiger partial charge on any atom is 0.123 e. The first-order valence-electron chi connectivity index (χ1n) is 4.39. The molecule has 2 heteroatoms. The van der Waals surface area contributed by atoms with Gasteiger partial charge in [0.25, 0.3) is 0 Å². The number of nitrogens with one attached hydrogen (secondary N) is 1. The number of benzene rings is 1. The molecule has 0 aliphatic heterocycles. The van der Waals surface area contributed by atoms with Gasteiger partial charge in [0.2, 0.25) is 0 Å². The van der Waals surface area contributed by atoms with Crippen LogP contribution in [0.2, 0.25) is 0 Å². The Morgan fingerprint density at radius 1 is 1.62 bits per heavy atom. The minimum Gasteiger partial charge on any atom is -0.307 e. The van der Waals surface area contributed by atoms with Crippen LogP contribution in [0.1, 0.15) is 18.5 Å². The number of halogens is 1. The maximum absolute atomic E-state index is 12.8. The highest BCUT2D eigenvalue weighted by molar-refractivity contribution is 5.23. The first-order valence-corrected chi connectivity index (χ1v) is 4.39. The highest BCUT2D eigenvalue weighted by Crippen LogP contribution is 2.14. The fourth-order valence-corrected chi connectivity index (χ4v) is 1.26. The van der Waals surface area contributed by atoms with Crippen LogP contribution in [0.3, 0.4) is 0 Å².